The first-order valence-electron chi connectivity index (χ1n) is 6.30. The largest absolute Gasteiger partial charge is 0.444 e. The van der Waals surface area contributed by atoms with E-state index in [-0.39, 0.29) is 5.78 Å². The summed E-state index contributed by atoms with van der Waals surface area (Å²) in [4.78, 5) is 16.3. The fourth-order valence-electron chi connectivity index (χ4n) is 2.71. The molecule has 1 fully saturated rings. The first-order chi connectivity index (χ1) is 9.27. The maximum atomic E-state index is 12.4. The molecule has 1 aromatic heterocycles. The van der Waals surface area contributed by atoms with E-state index in [1.165, 1.54) is 6.39 Å². The summed E-state index contributed by atoms with van der Waals surface area (Å²) in [7, 11) is 0. The number of allylic oxidation sites excluding steroid dienone is 2. The number of ketones is 1. The minimum absolute atomic E-state index is 0.0375. The molecule has 3 rings (SSSR count). The lowest BCUT2D eigenvalue weighted by Gasteiger charge is -2.29. The summed E-state index contributed by atoms with van der Waals surface area (Å²) < 4.78 is 16.7. The summed E-state index contributed by atoms with van der Waals surface area (Å²) in [5, 5.41) is 0. The second kappa shape index (κ2) is 4.75. The molecule has 0 aromatic carbocycles. The monoisotopic (exact) mass is 261 g/mol. The predicted molar refractivity (Wildman–Crippen MR) is 67.0 cm³/mol. The third kappa shape index (κ3) is 1.95. The first-order valence-corrected chi connectivity index (χ1v) is 6.30. The van der Waals surface area contributed by atoms with Crippen molar-refractivity contribution in [2.24, 2.45) is 5.92 Å². The van der Waals surface area contributed by atoms with E-state index >= 15 is 0 Å². The number of aromatic nitrogens is 1. The second-order valence-corrected chi connectivity index (χ2v) is 4.57. The topological polar surface area (TPSA) is 61.6 Å². The van der Waals surface area contributed by atoms with Crippen LogP contribution in [0, 0.1) is 5.92 Å². The molecular weight excluding hydrogens is 246 g/mol. The Labute approximate surface area is 110 Å². The molecule has 19 heavy (non-hydrogen) atoms. The van der Waals surface area contributed by atoms with E-state index in [4.69, 9.17) is 13.9 Å². The van der Waals surface area contributed by atoms with Gasteiger partial charge >= 0.3 is 0 Å². The van der Waals surface area contributed by atoms with Crippen molar-refractivity contribution in [3.8, 4) is 0 Å². The highest BCUT2D eigenvalue weighted by atomic mass is 16.7. The van der Waals surface area contributed by atoms with Gasteiger partial charge in [0.2, 0.25) is 0 Å². The molecule has 5 heteroatoms. The molecule has 0 bridgehead atoms. The lowest BCUT2D eigenvalue weighted by molar-refractivity contribution is -0.177. The zero-order valence-electron chi connectivity index (χ0n) is 10.7. The van der Waals surface area contributed by atoms with Gasteiger partial charge in [0.1, 0.15) is 5.92 Å². The van der Waals surface area contributed by atoms with Crippen LogP contribution in [0.5, 0.6) is 0 Å². The van der Waals surface area contributed by atoms with Gasteiger partial charge in [-0.3, -0.25) is 4.79 Å². The average molecular weight is 261 g/mol. The van der Waals surface area contributed by atoms with Crippen LogP contribution >= 0.6 is 0 Å². The number of oxazole rings is 1. The van der Waals surface area contributed by atoms with Crippen LogP contribution < -0.4 is 0 Å². The first kappa shape index (κ1) is 12.3. The number of nitrogens with zero attached hydrogens (tertiary/aromatic N) is 1. The van der Waals surface area contributed by atoms with E-state index in [2.05, 4.69) is 4.98 Å². The van der Waals surface area contributed by atoms with Crippen molar-refractivity contribution in [2.45, 2.75) is 19.1 Å². The number of hydrogen-bond donors (Lipinski definition) is 0. The van der Waals surface area contributed by atoms with Gasteiger partial charge in [0, 0.05) is 12.0 Å². The zero-order chi connectivity index (χ0) is 13.3. The highest BCUT2D eigenvalue weighted by Gasteiger charge is 2.52. The minimum Gasteiger partial charge on any atom is -0.444 e. The van der Waals surface area contributed by atoms with Gasteiger partial charge in [-0.05, 0) is 13.0 Å². The van der Waals surface area contributed by atoms with E-state index < -0.39 is 11.7 Å². The Balaban J connectivity index is 1.98. The molecular formula is C14H15NO4. The Morgan fingerprint density at radius 2 is 2.26 bits per heavy atom. The average Bonchev–Trinajstić information content (AvgIpc) is 3.12. The zero-order valence-corrected chi connectivity index (χ0v) is 10.7. The molecule has 0 amide bonds. The molecule has 0 unspecified atom stereocenters. The van der Waals surface area contributed by atoms with Crippen LogP contribution in [0.15, 0.2) is 35.2 Å². The molecule has 1 spiro atoms. The normalized spacial score (nSPS) is 25.3. The summed E-state index contributed by atoms with van der Waals surface area (Å²) in [6.45, 7) is 2.84. The van der Waals surface area contributed by atoms with Crippen LogP contribution in [0.25, 0.3) is 5.57 Å². The highest BCUT2D eigenvalue weighted by Crippen LogP contribution is 2.46. The summed E-state index contributed by atoms with van der Waals surface area (Å²) in [6, 6.07) is 0. The maximum Gasteiger partial charge on any atom is 0.186 e. The molecule has 2 heterocycles. The van der Waals surface area contributed by atoms with Crippen molar-refractivity contribution in [3.05, 3.63) is 36.6 Å². The molecule has 100 valence electrons. The number of rotatable bonds is 3. The lowest BCUT2D eigenvalue weighted by atomic mass is 9.90. The van der Waals surface area contributed by atoms with Crippen LogP contribution in [-0.4, -0.2) is 29.8 Å². The van der Waals surface area contributed by atoms with Gasteiger partial charge in [-0.1, -0.05) is 12.2 Å². The van der Waals surface area contributed by atoms with Crippen molar-refractivity contribution in [2.75, 3.05) is 13.2 Å². The number of ether oxygens (including phenoxy) is 2. The third-order valence-corrected chi connectivity index (χ3v) is 3.47. The van der Waals surface area contributed by atoms with Crippen LogP contribution in [0.3, 0.4) is 0 Å². The van der Waals surface area contributed by atoms with Crippen LogP contribution in [0.1, 0.15) is 19.1 Å². The Morgan fingerprint density at radius 1 is 1.47 bits per heavy atom. The quantitative estimate of drug-likeness (QED) is 0.778. The Morgan fingerprint density at radius 3 is 2.89 bits per heavy atom. The second-order valence-electron chi connectivity index (χ2n) is 4.57. The van der Waals surface area contributed by atoms with E-state index in [0.717, 1.165) is 5.57 Å². The Bertz CT molecular complexity index is 524. The molecule has 1 atom stereocenters. The molecule has 0 N–H and O–H groups in total. The molecule has 1 aromatic rings. The van der Waals surface area contributed by atoms with Gasteiger partial charge in [0.05, 0.1) is 19.4 Å². The molecule has 1 saturated heterocycles. The molecule has 5 nitrogen and oxygen atoms in total. The maximum absolute atomic E-state index is 12.4. The Kier molecular flexibility index (Phi) is 3.08. The van der Waals surface area contributed by atoms with E-state index in [9.17, 15) is 4.79 Å². The molecule has 1 aliphatic heterocycles. The number of carbonyl (C=O) groups excluding carboxylic acids is 1. The SMILES string of the molecule is C/C=C\C(=O)[C@H]1C(c2cnco2)=CCC12OCCO2. The molecule has 0 saturated carbocycles. The van der Waals surface area contributed by atoms with Crippen molar-refractivity contribution in [1.82, 2.24) is 4.98 Å². The van der Waals surface area contributed by atoms with Crippen LogP contribution in [0.2, 0.25) is 0 Å². The lowest BCUT2D eigenvalue weighted by Crippen LogP contribution is -2.40. The van der Waals surface area contributed by atoms with E-state index in [1.54, 1.807) is 18.3 Å². The number of carbonyl (C=O) groups is 1. The van der Waals surface area contributed by atoms with Gasteiger partial charge in [-0.15, -0.1) is 0 Å². The molecule has 0 radical (unpaired) electrons. The van der Waals surface area contributed by atoms with Gasteiger partial charge < -0.3 is 13.9 Å². The summed E-state index contributed by atoms with van der Waals surface area (Å²) >= 11 is 0. The summed E-state index contributed by atoms with van der Waals surface area (Å²) in [6.07, 6.45) is 8.73. The standard InChI is InChI=1S/C14H15NO4/c1-2-3-11(16)13-10(12-8-15-9-17-12)4-5-14(13)18-6-7-19-14/h2-4,8-9,13H,5-7H2,1H3/b3-2-/t13-/m1/s1. The predicted octanol–water partition coefficient (Wildman–Crippen LogP) is 1.97. The Hall–Kier alpha value is -1.72. The van der Waals surface area contributed by atoms with Gasteiger partial charge in [-0.2, -0.15) is 0 Å². The molecule has 2 aliphatic rings. The summed E-state index contributed by atoms with van der Waals surface area (Å²) in [5.74, 6) is -0.791. The van der Waals surface area contributed by atoms with Gasteiger partial charge in [0.25, 0.3) is 0 Å². The van der Waals surface area contributed by atoms with Crippen molar-refractivity contribution >= 4 is 11.4 Å². The van der Waals surface area contributed by atoms with Crippen molar-refractivity contribution < 1.29 is 18.7 Å². The molecule has 1 aliphatic carbocycles. The van der Waals surface area contributed by atoms with E-state index in [1.807, 2.05) is 13.0 Å². The van der Waals surface area contributed by atoms with Gasteiger partial charge in [-0.25, -0.2) is 4.98 Å². The third-order valence-electron chi connectivity index (χ3n) is 3.47. The number of hydrogen-bond acceptors (Lipinski definition) is 5. The van der Waals surface area contributed by atoms with Crippen LogP contribution in [0.4, 0.5) is 0 Å². The van der Waals surface area contributed by atoms with Crippen LogP contribution in [-0.2, 0) is 14.3 Å². The highest BCUT2D eigenvalue weighted by molar-refractivity contribution is 6.01. The minimum atomic E-state index is -0.862. The van der Waals surface area contributed by atoms with E-state index in [0.29, 0.717) is 25.4 Å². The summed E-state index contributed by atoms with van der Waals surface area (Å²) in [5.41, 5.74) is 0.794. The fourth-order valence-corrected chi connectivity index (χ4v) is 2.71. The smallest absolute Gasteiger partial charge is 0.186 e. The van der Waals surface area contributed by atoms with Crippen molar-refractivity contribution in [1.29, 1.82) is 0 Å². The van der Waals surface area contributed by atoms with Gasteiger partial charge in [0.15, 0.2) is 23.7 Å². The fraction of sp³-hybridized carbons (Fsp3) is 0.429. The van der Waals surface area contributed by atoms with Crippen molar-refractivity contribution in [3.63, 3.8) is 0 Å².